The molecule has 0 aromatic heterocycles. The summed E-state index contributed by atoms with van der Waals surface area (Å²) in [6, 6.07) is 0. The SMILES string of the molecule is C=C1C[C@H]2C(=CC1=O)[C@@H](C)C[C@@H]1[C@@H]2CC[C@@]2(C)[C@H]1CC[C@]2(OC(C)=O)C(C)=O. The van der Waals surface area contributed by atoms with Crippen molar-refractivity contribution in [3.63, 3.8) is 0 Å². The van der Waals surface area contributed by atoms with Crippen molar-refractivity contribution in [3.8, 4) is 0 Å². The third kappa shape index (κ3) is 2.52. The number of ketones is 2. The highest BCUT2D eigenvalue weighted by Gasteiger charge is 2.67. The summed E-state index contributed by atoms with van der Waals surface area (Å²) in [6.07, 6.45) is 7.18. The third-order valence-electron chi connectivity index (χ3n) is 8.75. The Morgan fingerprint density at radius 3 is 2.54 bits per heavy atom. The minimum absolute atomic E-state index is 0.00719. The normalized spacial score (nSPS) is 44.9. The maximum absolute atomic E-state index is 12.8. The first-order valence-electron chi connectivity index (χ1n) is 10.7. The van der Waals surface area contributed by atoms with Crippen LogP contribution < -0.4 is 0 Å². The van der Waals surface area contributed by atoms with Crippen molar-refractivity contribution < 1.29 is 19.1 Å². The molecule has 0 saturated heterocycles. The summed E-state index contributed by atoms with van der Waals surface area (Å²) in [7, 11) is 0. The van der Waals surface area contributed by atoms with E-state index in [0.29, 0.717) is 36.0 Å². The first-order chi connectivity index (χ1) is 13.1. The minimum Gasteiger partial charge on any atom is -0.451 e. The molecule has 0 aromatic rings. The molecule has 152 valence electrons. The van der Waals surface area contributed by atoms with Crippen molar-refractivity contribution in [3.05, 3.63) is 23.8 Å². The van der Waals surface area contributed by atoms with Crippen LogP contribution in [0.25, 0.3) is 0 Å². The molecule has 3 saturated carbocycles. The molecular formula is C24H32O4. The highest BCUT2D eigenvalue weighted by atomic mass is 16.6. The lowest BCUT2D eigenvalue weighted by Crippen LogP contribution is -2.58. The van der Waals surface area contributed by atoms with Crippen molar-refractivity contribution in [2.45, 2.75) is 71.8 Å². The third-order valence-corrected chi connectivity index (χ3v) is 8.75. The van der Waals surface area contributed by atoms with Gasteiger partial charge in [0.05, 0.1) is 0 Å². The molecule has 4 aliphatic rings. The van der Waals surface area contributed by atoms with Crippen LogP contribution in [0.4, 0.5) is 0 Å². The number of hydrogen-bond donors (Lipinski definition) is 0. The van der Waals surface area contributed by atoms with Gasteiger partial charge in [-0.2, -0.15) is 0 Å². The number of carbonyl (C=O) groups excluding carboxylic acids is 3. The lowest BCUT2D eigenvalue weighted by atomic mass is 9.49. The van der Waals surface area contributed by atoms with Crippen LogP contribution in [0.2, 0.25) is 0 Å². The molecule has 4 nitrogen and oxygen atoms in total. The van der Waals surface area contributed by atoms with Crippen LogP contribution in [0.15, 0.2) is 23.8 Å². The van der Waals surface area contributed by atoms with Gasteiger partial charge in [0.2, 0.25) is 0 Å². The van der Waals surface area contributed by atoms with Gasteiger partial charge in [-0.3, -0.25) is 14.4 Å². The van der Waals surface area contributed by atoms with E-state index in [-0.39, 0.29) is 23.0 Å². The van der Waals surface area contributed by atoms with Crippen molar-refractivity contribution in [1.29, 1.82) is 0 Å². The van der Waals surface area contributed by atoms with Crippen molar-refractivity contribution in [2.75, 3.05) is 0 Å². The first-order valence-corrected chi connectivity index (χ1v) is 10.7. The second kappa shape index (κ2) is 6.40. The molecule has 0 unspecified atom stereocenters. The van der Waals surface area contributed by atoms with Crippen LogP contribution in [0.3, 0.4) is 0 Å². The van der Waals surface area contributed by atoms with Crippen LogP contribution in [-0.4, -0.2) is 23.1 Å². The maximum atomic E-state index is 12.8. The van der Waals surface area contributed by atoms with E-state index >= 15 is 0 Å². The van der Waals surface area contributed by atoms with Gasteiger partial charge in [-0.25, -0.2) is 0 Å². The number of allylic oxidation sites excluding steroid dienone is 2. The number of Topliss-reactive ketones (excluding diaryl/α,β-unsaturated/α-hetero) is 1. The molecule has 7 atom stereocenters. The van der Waals surface area contributed by atoms with E-state index in [4.69, 9.17) is 4.74 Å². The number of carbonyl (C=O) groups is 3. The monoisotopic (exact) mass is 384 g/mol. The summed E-state index contributed by atoms with van der Waals surface area (Å²) < 4.78 is 5.82. The Bertz CT molecular complexity index is 792. The highest BCUT2D eigenvalue weighted by Crippen LogP contribution is 2.66. The lowest BCUT2D eigenvalue weighted by molar-refractivity contribution is -0.186. The molecule has 0 aromatic carbocycles. The number of rotatable bonds is 2. The molecule has 0 aliphatic heterocycles. The van der Waals surface area contributed by atoms with E-state index in [1.165, 1.54) is 12.5 Å². The largest absolute Gasteiger partial charge is 0.451 e. The average Bonchev–Trinajstić information content (AvgIpc) is 2.90. The number of hydrogen-bond acceptors (Lipinski definition) is 4. The minimum atomic E-state index is -0.972. The van der Waals surface area contributed by atoms with Gasteiger partial charge in [-0.15, -0.1) is 0 Å². The smallest absolute Gasteiger partial charge is 0.303 e. The van der Waals surface area contributed by atoms with Crippen molar-refractivity contribution >= 4 is 17.5 Å². The second-order valence-corrected chi connectivity index (χ2v) is 9.97. The van der Waals surface area contributed by atoms with Crippen LogP contribution in [0.1, 0.15) is 66.2 Å². The average molecular weight is 385 g/mol. The first kappa shape index (κ1) is 19.6. The van der Waals surface area contributed by atoms with E-state index in [0.717, 1.165) is 37.7 Å². The van der Waals surface area contributed by atoms with Crippen LogP contribution in [-0.2, 0) is 19.1 Å². The van der Waals surface area contributed by atoms with E-state index in [1.807, 2.05) is 6.08 Å². The predicted octanol–water partition coefficient (Wildman–Crippen LogP) is 4.43. The Morgan fingerprint density at radius 1 is 1.18 bits per heavy atom. The Hall–Kier alpha value is -1.71. The lowest BCUT2D eigenvalue weighted by Gasteiger charge is -2.56. The summed E-state index contributed by atoms with van der Waals surface area (Å²) in [5, 5.41) is 0. The molecule has 0 spiro atoms. The van der Waals surface area contributed by atoms with Crippen molar-refractivity contribution in [1.82, 2.24) is 0 Å². The summed E-state index contributed by atoms with van der Waals surface area (Å²) in [4.78, 5) is 36.8. The van der Waals surface area contributed by atoms with Crippen LogP contribution >= 0.6 is 0 Å². The zero-order valence-electron chi connectivity index (χ0n) is 17.5. The molecule has 0 amide bonds. The fourth-order valence-electron chi connectivity index (χ4n) is 7.51. The molecule has 4 heteroatoms. The molecule has 4 rings (SSSR count). The van der Waals surface area contributed by atoms with Crippen molar-refractivity contribution in [2.24, 2.45) is 35.0 Å². The Morgan fingerprint density at radius 2 is 1.89 bits per heavy atom. The Kier molecular flexibility index (Phi) is 4.48. The van der Waals surface area contributed by atoms with Gasteiger partial charge in [0.25, 0.3) is 0 Å². The van der Waals surface area contributed by atoms with Gasteiger partial charge < -0.3 is 4.74 Å². The molecule has 0 heterocycles. The predicted molar refractivity (Wildman–Crippen MR) is 106 cm³/mol. The topological polar surface area (TPSA) is 60.4 Å². The zero-order valence-corrected chi connectivity index (χ0v) is 17.5. The van der Waals surface area contributed by atoms with E-state index in [9.17, 15) is 14.4 Å². The van der Waals surface area contributed by atoms with Gasteiger partial charge >= 0.3 is 5.97 Å². The summed E-state index contributed by atoms with van der Waals surface area (Å²) >= 11 is 0. The summed E-state index contributed by atoms with van der Waals surface area (Å²) in [6.45, 7) is 11.4. The zero-order chi connectivity index (χ0) is 20.4. The number of fused-ring (bicyclic) bond motifs is 5. The quantitative estimate of drug-likeness (QED) is 0.522. The van der Waals surface area contributed by atoms with E-state index < -0.39 is 5.60 Å². The van der Waals surface area contributed by atoms with E-state index in [1.54, 1.807) is 6.92 Å². The molecule has 0 radical (unpaired) electrons. The number of esters is 1. The molecular weight excluding hydrogens is 352 g/mol. The maximum Gasteiger partial charge on any atom is 0.303 e. The van der Waals surface area contributed by atoms with Gasteiger partial charge in [0, 0.05) is 12.3 Å². The number of ether oxygens (including phenoxy) is 1. The van der Waals surface area contributed by atoms with E-state index in [2.05, 4.69) is 20.4 Å². The van der Waals surface area contributed by atoms with Gasteiger partial charge in [-0.05, 0) is 86.7 Å². The molecule has 0 N–H and O–H groups in total. The molecule has 4 aliphatic carbocycles. The van der Waals surface area contributed by atoms with Crippen LogP contribution in [0, 0.1) is 35.0 Å². The summed E-state index contributed by atoms with van der Waals surface area (Å²) in [5.74, 6) is 1.94. The Balaban J connectivity index is 1.71. The van der Waals surface area contributed by atoms with Gasteiger partial charge in [0.1, 0.15) is 0 Å². The highest BCUT2D eigenvalue weighted by molar-refractivity contribution is 6.05. The molecule has 0 bridgehead atoms. The fourth-order valence-corrected chi connectivity index (χ4v) is 7.51. The van der Waals surface area contributed by atoms with Gasteiger partial charge in [-0.1, -0.05) is 26.0 Å². The second-order valence-electron chi connectivity index (χ2n) is 9.97. The van der Waals surface area contributed by atoms with Crippen LogP contribution in [0.5, 0.6) is 0 Å². The fraction of sp³-hybridized carbons (Fsp3) is 0.708. The standard InChI is InChI=1S/C24H32O4/c1-13-10-20-17(19-11-14(2)22(27)12-18(13)19)6-8-23(5)21(20)7-9-24(23,15(3)25)28-16(4)26/h12-13,17,19-21H,2,6-11H2,1,3-5H3/t13-,17+,19+,20+,21-,23-,24-/m0/s1. The Labute approximate surface area is 167 Å². The van der Waals surface area contributed by atoms with Gasteiger partial charge in [0.15, 0.2) is 17.2 Å². The summed E-state index contributed by atoms with van der Waals surface area (Å²) in [5.41, 5.74) is 0.783. The molecule has 28 heavy (non-hydrogen) atoms. The molecule has 3 fully saturated rings.